The zero-order chi connectivity index (χ0) is 12.1. The Bertz CT molecular complexity index is 380. The number of anilines is 2. The average molecular weight is 225 g/mol. The second-order valence-corrected chi connectivity index (χ2v) is 3.47. The third kappa shape index (κ3) is 3.68. The van der Waals surface area contributed by atoms with E-state index in [0.717, 1.165) is 0 Å². The molecule has 0 spiro atoms. The minimum Gasteiger partial charge on any atom is -0.481 e. The SMILES string of the molecule is Cc1nc(NCCC(=O)O)nc(N(C)C)n1. The van der Waals surface area contributed by atoms with E-state index in [0.29, 0.717) is 24.3 Å². The molecule has 0 saturated carbocycles. The maximum Gasteiger partial charge on any atom is 0.305 e. The zero-order valence-electron chi connectivity index (χ0n) is 9.56. The number of aryl methyl sites for hydroxylation is 1. The fraction of sp³-hybridized carbons (Fsp3) is 0.556. The van der Waals surface area contributed by atoms with Gasteiger partial charge in [-0.15, -0.1) is 0 Å². The summed E-state index contributed by atoms with van der Waals surface area (Å²) in [6, 6.07) is 0. The van der Waals surface area contributed by atoms with Crippen molar-refractivity contribution >= 4 is 17.9 Å². The zero-order valence-corrected chi connectivity index (χ0v) is 9.56. The van der Waals surface area contributed by atoms with Crippen molar-refractivity contribution in [3.8, 4) is 0 Å². The Morgan fingerprint density at radius 2 is 2.06 bits per heavy atom. The second-order valence-electron chi connectivity index (χ2n) is 3.47. The van der Waals surface area contributed by atoms with E-state index in [2.05, 4.69) is 20.3 Å². The normalized spacial score (nSPS) is 9.94. The Labute approximate surface area is 93.5 Å². The maximum absolute atomic E-state index is 10.3. The molecule has 1 aromatic heterocycles. The van der Waals surface area contributed by atoms with Gasteiger partial charge in [-0.05, 0) is 6.92 Å². The van der Waals surface area contributed by atoms with Gasteiger partial charge in [0.15, 0.2) is 0 Å². The summed E-state index contributed by atoms with van der Waals surface area (Å²) in [5.41, 5.74) is 0. The predicted octanol–water partition coefficient (Wildman–Crippen LogP) is 0.133. The fourth-order valence-corrected chi connectivity index (χ4v) is 1.03. The first-order chi connectivity index (χ1) is 7.49. The fourth-order valence-electron chi connectivity index (χ4n) is 1.03. The van der Waals surface area contributed by atoms with E-state index >= 15 is 0 Å². The lowest BCUT2D eigenvalue weighted by Crippen LogP contribution is -2.17. The van der Waals surface area contributed by atoms with Crippen LogP contribution in [0.1, 0.15) is 12.2 Å². The van der Waals surface area contributed by atoms with Crippen molar-refractivity contribution in [1.82, 2.24) is 15.0 Å². The number of hydrogen-bond donors (Lipinski definition) is 2. The lowest BCUT2D eigenvalue weighted by Gasteiger charge is -2.11. The molecule has 7 heteroatoms. The van der Waals surface area contributed by atoms with E-state index in [1.807, 2.05) is 14.1 Å². The van der Waals surface area contributed by atoms with Crippen LogP contribution in [-0.2, 0) is 4.79 Å². The van der Waals surface area contributed by atoms with Gasteiger partial charge in [-0.3, -0.25) is 4.79 Å². The van der Waals surface area contributed by atoms with Crippen molar-refractivity contribution in [1.29, 1.82) is 0 Å². The molecule has 0 aliphatic heterocycles. The highest BCUT2D eigenvalue weighted by Crippen LogP contribution is 2.07. The lowest BCUT2D eigenvalue weighted by atomic mass is 10.4. The minimum absolute atomic E-state index is 0.0298. The number of rotatable bonds is 5. The molecule has 1 heterocycles. The lowest BCUT2D eigenvalue weighted by molar-refractivity contribution is -0.136. The van der Waals surface area contributed by atoms with Gasteiger partial charge in [0.2, 0.25) is 11.9 Å². The van der Waals surface area contributed by atoms with E-state index in [4.69, 9.17) is 5.11 Å². The van der Waals surface area contributed by atoms with Crippen LogP contribution in [0, 0.1) is 6.92 Å². The number of aliphatic carboxylic acids is 1. The number of carboxylic acids is 1. The summed E-state index contributed by atoms with van der Waals surface area (Å²) >= 11 is 0. The molecule has 7 nitrogen and oxygen atoms in total. The third-order valence-corrected chi connectivity index (χ3v) is 1.76. The second kappa shape index (κ2) is 5.24. The molecule has 0 amide bonds. The van der Waals surface area contributed by atoms with Crippen LogP contribution in [0.5, 0.6) is 0 Å². The van der Waals surface area contributed by atoms with Gasteiger partial charge >= 0.3 is 5.97 Å². The van der Waals surface area contributed by atoms with Gasteiger partial charge in [-0.25, -0.2) is 0 Å². The number of carboxylic acid groups (broad SMARTS) is 1. The molecule has 16 heavy (non-hydrogen) atoms. The van der Waals surface area contributed by atoms with Gasteiger partial charge in [0.1, 0.15) is 5.82 Å². The van der Waals surface area contributed by atoms with Gasteiger partial charge in [-0.1, -0.05) is 0 Å². The first-order valence-corrected chi connectivity index (χ1v) is 4.84. The first kappa shape index (κ1) is 12.2. The highest BCUT2D eigenvalue weighted by molar-refractivity contribution is 5.67. The molecule has 88 valence electrons. The number of nitrogens with zero attached hydrogens (tertiary/aromatic N) is 4. The largest absolute Gasteiger partial charge is 0.481 e. The highest BCUT2D eigenvalue weighted by Gasteiger charge is 2.05. The summed E-state index contributed by atoms with van der Waals surface area (Å²) in [4.78, 5) is 24.4. The van der Waals surface area contributed by atoms with E-state index < -0.39 is 5.97 Å². The Morgan fingerprint density at radius 1 is 1.38 bits per heavy atom. The molecule has 0 aromatic carbocycles. The van der Waals surface area contributed by atoms with Gasteiger partial charge in [0.05, 0.1) is 6.42 Å². The van der Waals surface area contributed by atoms with Gasteiger partial charge in [0.25, 0.3) is 0 Å². The van der Waals surface area contributed by atoms with Crippen LogP contribution in [0.15, 0.2) is 0 Å². The molecule has 0 unspecified atom stereocenters. The number of carbonyl (C=O) groups is 1. The Balaban J connectivity index is 2.69. The molecule has 0 fully saturated rings. The van der Waals surface area contributed by atoms with Crippen LogP contribution in [-0.4, -0.2) is 46.7 Å². The van der Waals surface area contributed by atoms with Crippen molar-refractivity contribution < 1.29 is 9.90 Å². The summed E-state index contributed by atoms with van der Waals surface area (Å²) in [6.45, 7) is 2.06. The summed E-state index contributed by atoms with van der Waals surface area (Å²) < 4.78 is 0. The quantitative estimate of drug-likeness (QED) is 0.736. The van der Waals surface area contributed by atoms with E-state index in [-0.39, 0.29) is 6.42 Å². The Kier molecular flexibility index (Phi) is 3.98. The first-order valence-electron chi connectivity index (χ1n) is 4.84. The number of nitrogens with one attached hydrogen (secondary N) is 1. The number of hydrogen-bond acceptors (Lipinski definition) is 6. The van der Waals surface area contributed by atoms with Gasteiger partial charge in [0, 0.05) is 20.6 Å². The Hall–Kier alpha value is -1.92. The molecule has 0 atom stereocenters. The van der Waals surface area contributed by atoms with Crippen LogP contribution in [0.25, 0.3) is 0 Å². The minimum atomic E-state index is -0.855. The van der Waals surface area contributed by atoms with Crippen LogP contribution in [0.4, 0.5) is 11.9 Å². The van der Waals surface area contributed by atoms with Crippen molar-refractivity contribution in [3.05, 3.63) is 5.82 Å². The van der Waals surface area contributed by atoms with Crippen LogP contribution < -0.4 is 10.2 Å². The van der Waals surface area contributed by atoms with Gasteiger partial charge in [-0.2, -0.15) is 15.0 Å². The molecule has 1 rings (SSSR count). The summed E-state index contributed by atoms with van der Waals surface area (Å²) in [6.07, 6.45) is 0.0298. The van der Waals surface area contributed by atoms with E-state index in [9.17, 15) is 4.79 Å². The number of aromatic nitrogens is 3. The molecule has 2 N–H and O–H groups in total. The smallest absolute Gasteiger partial charge is 0.305 e. The maximum atomic E-state index is 10.3. The molecule has 0 saturated heterocycles. The molecule has 0 aliphatic rings. The summed E-state index contributed by atoms with van der Waals surface area (Å²) in [5.74, 6) is 0.686. The standard InChI is InChI=1S/C9H15N5O2/c1-6-11-8(10-5-4-7(15)16)13-9(12-6)14(2)3/h4-5H2,1-3H3,(H,15,16)(H,10,11,12,13). The van der Waals surface area contributed by atoms with Crippen molar-refractivity contribution in [2.75, 3.05) is 30.9 Å². The van der Waals surface area contributed by atoms with Crippen LogP contribution in [0.3, 0.4) is 0 Å². The molecular formula is C9H15N5O2. The monoisotopic (exact) mass is 225 g/mol. The Morgan fingerprint density at radius 3 is 2.62 bits per heavy atom. The molecule has 0 radical (unpaired) electrons. The molecule has 0 aliphatic carbocycles. The van der Waals surface area contributed by atoms with E-state index in [1.54, 1.807) is 11.8 Å². The average Bonchev–Trinajstić information content (AvgIpc) is 2.16. The van der Waals surface area contributed by atoms with Crippen molar-refractivity contribution in [2.24, 2.45) is 0 Å². The van der Waals surface area contributed by atoms with Crippen LogP contribution >= 0.6 is 0 Å². The van der Waals surface area contributed by atoms with Gasteiger partial charge < -0.3 is 15.3 Å². The highest BCUT2D eigenvalue weighted by atomic mass is 16.4. The van der Waals surface area contributed by atoms with Crippen molar-refractivity contribution in [3.63, 3.8) is 0 Å². The summed E-state index contributed by atoms with van der Waals surface area (Å²) in [5, 5.41) is 11.3. The van der Waals surface area contributed by atoms with Crippen molar-refractivity contribution in [2.45, 2.75) is 13.3 Å². The predicted molar refractivity (Wildman–Crippen MR) is 59.6 cm³/mol. The molecule has 1 aromatic rings. The van der Waals surface area contributed by atoms with Crippen LogP contribution in [0.2, 0.25) is 0 Å². The van der Waals surface area contributed by atoms with E-state index in [1.165, 1.54) is 0 Å². The molecule has 0 bridgehead atoms. The topological polar surface area (TPSA) is 91.2 Å². The molecular weight excluding hydrogens is 210 g/mol. The third-order valence-electron chi connectivity index (χ3n) is 1.76. The summed E-state index contributed by atoms with van der Waals surface area (Å²) in [7, 11) is 3.66.